The monoisotopic (exact) mass is 314 g/mol. The van der Waals surface area contributed by atoms with E-state index in [0.717, 1.165) is 25.7 Å². The zero-order chi connectivity index (χ0) is 11.1. The largest absolute Gasteiger partial charge is 0.355 e. The highest BCUT2D eigenvalue weighted by molar-refractivity contribution is 9.10. The van der Waals surface area contributed by atoms with Crippen LogP contribution in [0.2, 0.25) is 0 Å². The minimum absolute atomic E-state index is 0.144. The van der Waals surface area contributed by atoms with Crippen LogP contribution in [0.15, 0.2) is 10.8 Å². The summed E-state index contributed by atoms with van der Waals surface area (Å²) in [5, 5.41) is 0.559. The maximum absolute atomic E-state index is 12.0. The number of alkyl halides is 1. The first-order valence-corrected chi connectivity index (χ1v) is 7.70. The summed E-state index contributed by atoms with van der Waals surface area (Å²) >= 11 is 9.79. The molecule has 3 atom stereocenters. The van der Waals surface area contributed by atoms with Crippen molar-refractivity contribution in [2.45, 2.75) is 36.1 Å². The lowest BCUT2D eigenvalue weighted by atomic mass is 9.86. The van der Waals surface area contributed by atoms with Crippen LogP contribution in [0.3, 0.4) is 0 Å². The second-order valence-corrected chi connectivity index (χ2v) is 7.64. The summed E-state index contributed by atoms with van der Waals surface area (Å²) in [6, 6.07) is 0. The number of hydrogen-bond acceptors (Lipinski definition) is 3. The van der Waals surface area contributed by atoms with Gasteiger partial charge in [-0.1, -0.05) is 40.4 Å². The zero-order valence-corrected chi connectivity index (χ0v) is 11.6. The minimum Gasteiger partial charge on any atom is -0.309 e. The Balaban J connectivity index is 2.37. The van der Waals surface area contributed by atoms with Crippen molar-refractivity contribution < 1.29 is 13.6 Å². The van der Waals surface area contributed by atoms with Crippen LogP contribution in [0.25, 0.3) is 0 Å². The summed E-state index contributed by atoms with van der Waals surface area (Å²) in [4.78, 5) is 0. The molecular formula is C9H13BrClO3P. The quantitative estimate of drug-likeness (QED) is 0.542. The third kappa shape index (κ3) is 2.07. The minimum atomic E-state index is -3.11. The van der Waals surface area contributed by atoms with E-state index in [1.807, 2.05) is 0 Å². The molecule has 0 aromatic heterocycles. The summed E-state index contributed by atoms with van der Waals surface area (Å²) in [6.07, 6.45) is 3.81. The van der Waals surface area contributed by atoms with Crippen LogP contribution in [0.1, 0.15) is 25.7 Å². The summed E-state index contributed by atoms with van der Waals surface area (Å²) in [7, 11) is -1.73. The van der Waals surface area contributed by atoms with E-state index in [1.54, 1.807) is 0 Å². The third-order valence-electron chi connectivity index (χ3n) is 2.96. The molecule has 15 heavy (non-hydrogen) atoms. The van der Waals surface area contributed by atoms with E-state index in [4.69, 9.17) is 20.6 Å². The molecular weight excluding hydrogens is 302 g/mol. The summed E-state index contributed by atoms with van der Waals surface area (Å²) in [5.74, 6) is 1.42. The standard InChI is InChI=1S/C9H13BrClO3P/c1-13-15(12)6-7(11)9(10)5-3-2-4-8(9)14-15/h6,8H,2-5H2,1H3/t8-,9-,15?/m1/s1. The molecule has 6 heteroatoms. The second-order valence-electron chi connectivity index (χ2n) is 3.90. The van der Waals surface area contributed by atoms with Crippen LogP contribution in [0, 0.1) is 0 Å². The summed E-state index contributed by atoms with van der Waals surface area (Å²) < 4.78 is 22.1. The van der Waals surface area contributed by atoms with Crippen LogP contribution in [0.4, 0.5) is 0 Å². The van der Waals surface area contributed by atoms with Gasteiger partial charge in [0, 0.05) is 18.0 Å². The van der Waals surface area contributed by atoms with Crippen LogP contribution in [0.5, 0.6) is 0 Å². The molecule has 2 aliphatic rings. The first kappa shape index (κ1) is 12.1. The summed E-state index contributed by atoms with van der Waals surface area (Å²) in [6.45, 7) is 0. The molecule has 0 aromatic rings. The van der Waals surface area contributed by atoms with Gasteiger partial charge < -0.3 is 9.05 Å². The molecule has 0 bridgehead atoms. The lowest BCUT2D eigenvalue weighted by Crippen LogP contribution is -2.43. The molecule has 0 radical (unpaired) electrons. The maximum atomic E-state index is 12.0. The Kier molecular flexibility index (Phi) is 3.36. The lowest BCUT2D eigenvalue weighted by molar-refractivity contribution is 0.109. The van der Waals surface area contributed by atoms with Gasteiger partial charge in [0.1, 0.15) is 0 Å². The number of halogens is 2. The number of rotatable bonds is 1. The molecule has 2 rings (SSSR count). The second kappa shape index (κ2) is 4.15. The van der Waals surface area contributed by atoms with Crippen molar-refractivity contribution in [2.75, 3.05) is 7.11 Å². The van der Waals surface area contributed by atoms with Crippen molar-refractivity contribution in [3.63, 3.8) is 0 Å². The van der Waals surface area contributed by atoms with E-state index in [-0.39, 0.29) is 10.4 Å². The Morgan fingerprint density at radius 2 is 2.47 bits per heavy atom. The Hall–Kier alpha value is 0.660. The fourth-order valence-electron chi connectivity index (χ4n) is 2.06. The van der Waals surface area contributed by atoms with Crippen molar-refractivity contribution >= 4 is 35.1 Å². The van der Waals surface area contributed by atoms with E-state index < -0.39 is 7.60 Å². The first-order valence-electron chi connectivity index (χ1n) is 4.92. The van der Waals surface area contributed by atoms with Crippen molar-refractivity contribution in [3.05, 3.63) is 10.8 Å². The van der Waals surface area contributed by atoms with Crippen molar-refractivity contribution in [1.29, 1.82) is 0 Å². The van der Waals surface area contributed by atoms with Gasteiger partial charge in [-0.15, -0.1) is 0 Å². The fourth-order valence-corrected chi connectivity index (χ4v) is 5.07. The predicted molar refractivity (Wildman–Crippen MR) is 63.6 cm³/mol. The topological polar surface area (TPSA) is 35.5 Å². The van der Waals surface area contributed by atoms with E-state index in [2.05, 4.69) is 15.9 Å². The lowest BCUT2D eigenvalue weighted by Gasteiger charge is -2.43. The molecule has 86 valence electrons. The molecule has 0 N–H and O–H groups in total. The Morgan fingerprint density at radius 1 is 1.73 bits per heavy atom. The van der Waals surface area contributed by atoms with E-state index in [0.29, 0.717) is 5.03 Å². The highest BCUT2D eigenvalue weighted by Crippen LogP contribution is 2.62. The van der Waals surface area contributed by atoms with Gasteiger partial charge in [0.05, 0.1) is 10.4 Å². The number of hydrogen-bond donors (Lipinski definition) is 0. The highest BCUT2D eigenvalue weighted by atomic mass is 79.9. The average Bonchev–Trinajstić information content (AvgIpc) is 2.20. The van der Waals surface area contributed by atoms with Gasteiger partial charge >= 0.3 is 7.60 Å². The van der Waals surface area contributed by atoms with Gasteiger partial charge in [-0.05, 0) is 12.8 Å². The van der Waals surface area contributed by atoms with Crippen molar-refractivity contribution in [1.82, 2.24) is 0 Å². The van der Waals surface area contributed by atoms with Gasteiger partial charge in [0.15, 0.2) is 0 Å². The average molecular weight is 316 g/mol. The van der Waals surface area contributed by atoms with E-state index in [9.17, 15) is 4.57 Å². The van der Waals surface area contributed by atoms with E-state index in [1.165, 1.54) is 12.9 Å². The van der Waals surface area contributed by atoms with Crippen molar-refractivity contribution in [2.24, 2.45) is 0 Å². The molecule has 0 saturated heterocycles. The molecule has 1 aliphatic carbocycles. The Bertz CT molecular complexity index is 346. The summed E-state index contributed by atoms with van der Waals surface area (Å²) in [5.41, 5.74) is 0. The molecule has 0 amide bonds. The molecule has 3 nitrogen and oxygen atoms in total. The normalized spacial score (nSPS) is 45.8. The smallest absolute Gasteiger partial charge is 0.309 e. The highest BCUT2D eigenvalue weighted by Gasteiger charge is 2.49. The van der Waals surface area contributed by atoms with E-state index >= 15 is 0 Å². The fraction of sp³-hybridized carbons (Fsp3) is 0.778. The maximum Gasteiger partial charge on any atom is 0.355 e. The Morgan fingerprint density at radius 3 is 3.13 bits per heavy atom. The molecule has 0 aromatic carbocycles. The van der Waals surface area contributed by atoms with Crippen molar-refractivity contribution in [3.8, 4) is 0 Å². The van der Waals surface area contributed by atoms with Crippen LogP contribution in [-0.2, 0) is 13.6 Å². The zero-order valence-electron chi connectivity index (χ0n) is 8.41. The molecule has 1 aliphatic heterocycles. The van der Waals surface area contributed by atoms with Gasteiger partial charge in [-0.2, -0.15) is 0 Å². The predicted octanol–water partition coefficient (Wildman–Crippen LogP) is 4.01. The van der Waals surface area contributed by atoms with Gasteiger partial charge in [0.2, 0.25) is 0 Å². The SMILES string of the molecule is COP1(=O)C=C(Cl)[C@]2(Br)CCCC[C@H]2O1. The molecule has 1 heterocycles. The molecule has 1 fully saturated rings. The van der Waals surface area contributed by atoms with Gasteiger partial charge in [-0.3, -0.25) is 4.57 Å². The van der Waals surface area contributed by atoms with Crippen LogP contribution >= 0.6 is 35.1 Å². The first-order chi connectivity index (χ1) is 7.00. The third-order valence-corrected chi connectivity index (χ3v) is 6.76. The van der Waals surface area contributed by atoms with Crippen LogP contribution in [-0.4, -0.2) is 17.5 Å². The molecule has 1 unspecified atom stereocenters. The van der Waals surface area contributed by atoms with Gasteiger partial charge in [0.25, 0.3) is 0 Å². The van der Waals surface area contributed by atoms with Crippen LogP contribution < -0.4 is 0 Å². The molecule has 0 spiro atoms. The number of fused-ring (bicyclic) bond motifs is 1. The Labute approximate surface area is 103 Å². The molecule has 1 saturated carbocycles. The van der Waals surface area contributed by atoms with Gasteiger partial charge in [-0.25, -0.2) is 0 Å².